The topological polar surface area (TPSA) is 90.5 Å². The van der Waals surface area contributed by atoms with E-state index in [0.717, 1.165) is 16.2 Å². The third-order valence-corrected chi connectivity index (χ3v) is 6.29. The third kappa shape index (κ3) is 4.00. The Bertz CT molecular complexity index is 1320. The Hall–Kier alpha value is -3.92. The number of carbonyl (C=O) groups is 1. The van der Waals surface area contributed by atoms with Crippen LogP contribution in [0.2, 0.25) is 0 Å². The maximum Gasteiger partial charge on any atom is 0.322 e. The largest absolute Gasteiger partial charge is 0.493 e. The maximum atomic E-state index is 13.2. The minimum absolute atomic E-state index is 0.222. The first-order valence-electron chi connectivity index (χ1n) is 10.3. The van der Waals surface area contributed by atoms with Gasteiger partial charge < -0.3 is 14.2 Å². The molecule has 168 valence electrons. The number of methoxy groups -OCH3 is 2. The van der Waals surface area contributed by atoms with Gasteiger partial charge in [0.1, 0.15) is 0 Å². The monoisotopic (exact) mass is 463 g/mol. The minimum atomic E-state index is -0.298. The summed E-state index contributed by atoms with van der Waals surface area (Å²) in [7, 11) is 3.18. The number of rotatable bonds is 7. The molecule has 4 heterocycles. The van der Waals surface area contributed by atoms with Crippen LogP contribution in [0.4, 0.5) is 0 Å². The van der Waals surface area contributed by atoms with Crippen LogP contribution >= 0.6 is 11.3 Å². The highest BCUT2D eigenvalue weighted by molar-refractivity contribution is 7.12. The van der Waals surface area contributed by atoms with Gasteiger partial charge in [0, 0.05) is 12.6 Å². The van der Waals surface area contributed by atoms with E-state index in [0.29, 0.717) is 23.6 Å². The summed E-state index contributed by atoms with van der Waals surface area (Å²) in [6, 6.07) is 15.1. The summed E-state index contributed by atoms with van der Waals surface area (Å²) in [5, 5.41) is 16.2. The molecule has 3 aromatic heterocycles. The molecule has 1 atom stereocenters. The minimum Gasteiger partial charge on any atom is -0.493 e. The van der Waals surface area contributed by atoms with E-state index >= 15 is 0 Å². The molecule has 0 bridgehead atoms. The molecule has 5 rings (SSSR count). The van der Waals surface area contributed by atoms with Gasteiger partial charge in [0.2, 0.25) is 0 Å². The molecule has 0 saturated heterocycles. The molecule has 1 aromatic carbocycles. The number of carbonyl (C=O) groups excluding carboxylic acids is 1. The van der Waals surface area contributed by atoms with Crippen LogP contribution in [0.1, 0.15) is 22.9 Å². The maximum absolute atomic E-state index is 13.2. The third-order valence-electron chi connectivity index (χ3n) is 5.37. The standard InChI is InChI=1S/C23H21N5O4S/c1-30-18-9-8-15(12-19(18)31-2)17-13-16(20-6-5-11-33-20)26-28(17)22(29)14-32-23-25-24-21-7-3-4-10-27(21)23/h3-12,17H,13-14H2,1-2H3. The lowest BCUT2D eigenvalue weighted by Gasteiger charge is -2.22. The van der Waals surface area contributed by atoms with E-state index in [4.69, 9.17) is 14.2 Å². The van der Waals surface area contributed by atoms with Crippen LogP contribution in [-0.2, 0) is 4.79 Å². The fourth-order valence-electron chi connectivity index (χ4n) is 3.76. The van der Waals surface area contributed by atoms with Crippen molar-refractivity contribution < 1.29 is 19.0 Å². The zero-order chi connectivity index (χ0) is 22.8. The van der Waals surface area contributed by atoms with Gasteiger partial charge in [0.05, 0.1) is 30.9 Å². The molecule has 0 radical (unpaired) electrons. The van der Waals surface area contributed by atoms with E-state index in [1.807, 2.05) is 53.9 Å². The van der Waals surface area contributed by atoms with E-state index in [2.05, 4.69) is 15.3 Å². The molecule has 0 spiro atoms. The molecule has 9 nitrogen and oxygen atoms in total. The van der Waals surface area contributed by atoms with Gasteiger partial charge in [-0.1, -0.05) is 23.3 Å². The number of aromatic nitrogens is 3. The number of benzene rings is 1. The first-order chi connectivity index (χ1) is 16.2. The molecule has 10 heteroatoms. The second-order valence-electron chi connectivity index (χ2n) is 7.30. The Balaban J connectivity index is 1.42. The van der Waals surface area contributed by atoms with Crippen LogP contribution in [0.3, 0.4) is 0 Å². The second kappa shape index (κ2) is 8.91. The molecule has 33 heavy (non-hydrogen) atoms. The predicted molar refractivity (Wildman–Crippen MR) is 123 cm³/mol. The first-order valence-corrected chi connectivity index (χ1v) is 11.1. The van der Waals surface area contributed by atoms with Gasteiger partial charge in [0.25, 0.3) is 5.91 Å². The summed E-state index contributed by atoms with van der Waals surface area (Å²) < 4.78 is 18.2. The smallest absolute Gasteiger partial charge is 0.322 e. The van der Waals surface area contributed by atoms with E-state index in [1.165, 1.54) is 5.01 Å². The average molecular weight is 464 g/mol. The number of hydrazone groups is 1. The number of hydrogen-bond acceptors (Lipinski definition) is 8. The van der Waals surface area contributed by atoms with Gasteiger partial charge in [-0.05, 0) is 41.3 Å². The van der Waals surface area contributed by atoms with E-state index in [1.54, 1.807) is 36.2 Å². The number of pyridine rings is 1. The average Bonchev–Trinajstić information content (AvgIpc) is 3.61. The molecule has 1 aliphatic heterocycles. The zero-order valence-corrected chi connectivity index (χ0v) is 18.9. The van der Waals surface area contributed by atoms with Crippen molar-refractivity contribution in [3.05, 3.63) is 70.5 Å². The normalized spacial score (nSPS) is 15.5. The van der Waals surface area contributed by atoms with Gasteiger partial charge in [-0.25, -0.2) is 5.01 Å². The Morgan fingerprint density at radius 1 is 1.09 bits per heavy atom. The first kappa shape index (κ1) is 21.0. The van der Waals surface area contributed by atoms with Gasteiger partial charge in [-0.3, -0.25) is 9.20 Å². The number of nitrogens with zero attached hydrogens (tertiary/aromatic N) is 5. The van der Waals surface area contributed by atoms with E-state index in [9.17, 15) is 4.79 Å². The van der Waals surface area contributed by atoms with Crippen molar-refractivity contribution in [2.75, 3.05) is 20.8 Å². The van der Waals surface area contributed by atoms with Crippen LogP contribution in [0, 0.1) is 0 Å². The number of amides is 1. The van der Waals surface area contributed by atoms with Crippen molar-refractivity contribution in [3.63, 3.8) is 0 Å². The van der Waals surface area contributed by atoms with Gasteiger partial charge in [0.15, 0.2) is 23.8 Å². The number of fused-ring (bicyclic) bond motifs is 1. The van der Waals surface area contributed by atoms with Crippen molar-refractivity contribution in [1.29, 1.82) is 0 Å². The van der Waals surface area contributed by atoms with Gasteiger partial charge in [-0.15, -0.1) is 16.4 Å². The van der Waals surface area contributed by atoms with Crippen LogP contribution < -0.4 is 14.2 Å². The number of thiophene rings is 1. The van der Waals surface area contributed by atoms with Gasteiger partial charge in [-0.2, -0.15) is 5.10 Å². The van der Waals surface area contributed by atoms with Crippen LogP contribution in [0.15, 0.2) is 65.2 Å². The highest BCUT2D eigenvalue weighted by Crippen LogP contribution is 2.37. The highest BCUT2D eigenvalue weighted by Gasteiger charge is 2.34. The molecular formula is C23H21N5O4S. The van der Waals surface area contributed by atoms with Crippen molar-refractivity contribution in [3.8, 4) is 17.5 Å². The lowest BCUT2D eigenvalue weighted by molar-refractivity contribution is -0.135. The predicted octanol–water partition coefficient (Wildman–Crippen LogP) is 3.56. The van der Waals surface area contributed by atoms with Crippen molar-refractivity contribution in [2.45, 2.75) is 12.5 Å². The summed E-state index contributed by atoms with van der Waals surface area (Å²) >= 11 is 1.59. The molecule has 0 saturated carbocycles. The highest BCUT2D eigenvalue weighted by atomic mass is 32.1. The molecule has 4 aromatic rings. The second-order valence-corrected chi connectivity index (χ2v) is 8.24. The van der Waals surface area contributed by atoms with E-state index in [-0.39, 0.29) is 24.6 Å². The van der Waals surface area contributed by atoms with E-state index < -0.39 is 0 Å². The van der Waals surface area contributed by atoms with Crippen molar-refractivity contribution >= 4 is 28.6 Å². The summed E-state index contributed by atoms with van der Waals surface area (Å²) in [4.78, 5) is 14.3. The Morgan fingerprint density at radius 2 is 1.97 bits per heavy atom. The summed E-state index contributed by atoms with van der Waals surface area (Å²) in [6.45, 7) is -0.222. The van der Waals surface area contributed by atoms with Crippen LogP contribution in [0.25, 0.3) is 5.65 Å². The molecule has 1 amide bonds. The summed E-state index contributed by atoms with van der Waals surface area (Å²) in [6.07, 6.45) is 2.36. The Labute approximate surface area is 193 Å². The molecule has 1 aliphatic rings. The van der Waals surface area contributed by atoms with Crippen LogP contribution in [-0.4, -0.2) is 52.1 Å². The number of hydrogen-bond donors (Lipinski definition) is 0. The quantitative estimate of drug-likeness (QED) is 0.416. The molecule has 1 unspecified atom stereocenters. The molecule has 0 N–H and O–H groups in total. The Morgan fingerprint density at radius 3 is 2.76 bits per heavy atom. The summed E-state index contributed by atoms with van der Waals surface area (Å²) in [5.41, 5.74) is 2.39. The van der Waals surface area contributed by atoms with Gasteiger partial charge >= 0.3 is 6.01 Å². The number of ether oxygens (including phenoxy) is 3. The SMILES string of the molecule is COc1ccc(C2CC(c3cccs3)=NN2C(=O)COc2nnc3ccccn23)cc1OC. The fraction of sp³-hybridized carbons (Fsp3) is 0.217. The van der Waals surface area contributed by atoms with Crippen molar-refractivity contribution in [1.82, 2.24) is 19.6 Å². The molecule has 0 fully saturated rings. The fourth-order valence-corrected chi connectivity index (χ4v) is 4.48. The zero-order valence-electron chi connectivity index (χ0n) is 18.0. The van der Waals surface area contributed by atoms with Crippen molar-refractivity contribution in [2.24, 2.45) is 5.10 Å². The summed E-state index contributed by atoms with van der Waals surface area (Å²) in [5.74, 6) is 0.936. The lowest BCUT2D eigenvalue weighted by Crippen LogP contribution is -2.31. The molecule has 0 aliphatic carbocycles. The molecular weight excluding hydrogens is 442 g/mol. The van der Waals surface area contributed by atoms with Crippen LogP contribution in [0.5, 0.6) is 17.5 Å². The lowest BCUT2D eigenvalue weighted by atomic mass is 10.0. The Kier molecular flexibility index (Phi) is 5.66.